The molecule has 3 N–H and O–H groups in total. The van der Waals surface area contributed by atoms with Gasteiger partial charge in [-0.2, -0.15) is 0 Å². The Balaban J connectivity index is 1.84. The summed E-state index contributed by atoms with van der Waals surface area (Å²) in [5.41, 5.74) is 5.91. The standard InChI is InChI=1S/C13H15ClFN3O3/c14-7-4-9(10(18(19)20)5-8(7)15)17-12-11(16)6-2-1-3-21-13(6)12/h4-6,11-13,17H,1-3,16H2. The summed E-state index contributed by atoms with van der Waals surface area (Å²) in [6.07, 6.45) is 1.91. The second-order valence-corrected chi connectivity index (χ2v) is 5.84. The highest BCUT2D eigenvalue weighted by Crippen LogP contribution is 2.40. The lowest BCUT2D eigenvalue weighted by molar-refractivity contribution is -0.384. The summed E-state index contributed by atoms with van der Waals surface area (Å²) < 4.78 is 19.1. The smallest absolute Gasteiger partial charge is 0.295 e. The van der Waals surface area contributed by atoms with Gasteiger partial charge in [0.1, 0.15) is 11.5 Å². The predicted molar refractivity (Wildman–Crippen MR) is 75.9 cm³/mol. The summed E-state index contributed by atoms with van der Waals surface area (Å²) in [6.45, 7) is 0.665. The van der Waals surface area contributed by atoms with E-state index in [2.05, 4.69) is 5.32 Å². The number of nitrogens with two attached hydrogens (primary N) is 1. The molecule has 4 unspecified atom stereocenters. The average molecular weight is 316 g/mol. The van der Waals surface area contributed by atoms with Crippen LogP contribution >= 0.6 is 11.6 Å². The van der Waals surface area contributed by atoms with Crippen molar-refractivity contribution < 1.29 is 14.1 Å². The van der Waals surface area contributed by atoms with Crippen molar-refractivity contribution >= 4 is 23.0 Å². The van der Waals surface area contributed by atoms with E-state index in [4.69, 9.17) is 22.1 Å². The highest BCUT2D eigenvalue weighted by atomic mass is 35.5. The molecule has 0 radical (unpaired) electrons. The van der Waals surface area contributed by atoms with Crippen molar-refractivity contribution in [2.45, 2.75) is 31.0 Å². The van der Waals surface area contributed by atoms with Gasteiger partial charge in [-0.05, 0) is 18.9 Å². The molecule has 1 saturated heterocycles. The van der Waals surface area contributed by atoms with Crippen LogP contribution in [0.2, 0.25) is 5.02 Å². The summed E-state index contributed by atoms with van der Waals surface area (Å²) in [6, 6.07) is 1.67. The largest absolute Gasteiger partial charge is 0.376 e. The first-order chi connectivity index (χ1) is 9.99. The molecule has 0 amide bonds. The Hall–Kier alpha value is -1.44. The maximum atomic E-state index is 13.4. The van der Waals surface area contributed by atoms with Crippen molar-refractivity contribution in [2.75, 3.05) is 11.9 Å². The molecule has 1 aromatic carbocycles. The molecule has 1 aliphatic carbocycles. The quantitative estimate of drug-likeness (QED) is 0.660. The number of nitrogens with one attached hydrogen (secondary N) is 1. The third kappa shape index (κ3) is 2.45. The average Bonchev–Trinajstić information content (AvgIpc) is 2.47. The van der Waals surface area contributed by atoms with Gasteiger partial charge in [-0.25, -0.2) is 4.39 Å². The fourth-order valence-corrected chi connectivity index (χ4v) is 3.27. The second-order valence-electron chi connectivity index (χ2n) is 5.43. The number of halogens is 2. The van der Waals surface area contributed by atoms with E-state index in [9.17, 15) is 14.5 Å². The van der Waals surface area contributed by atoms with Crippen molar-refractivity contribution in [3.8, 4) is 0 Å². The number of nitro groups is 1. The Kier molecular flexibility index (Phi) is 3.73. The van der Waals surface area contributed by atoms with E-state index in [1.165, 1.54) is 6.07 Å². The van der Waals surface area contributed by atoms with Crippen LogP contribution in [0.25, 0.3) is 0 Å². The van der Waals surface area contributed by atoms with Gasteiger partial charge in [-0.1, -0.05) is 11.6 Å². The Morgan fingerprint density at radius 2 is 2.29 bits per heavy atom. The molecule has 8 heteroatoms. The minimum absolute atomic E-state index is 0.0582. The van der Waals surface area contributed by atoms with Crippen LogP contribution in [0.5, 0.6) is 0 Å². The Bertz CT molecular complexity index is 586. The molecule has 2 fully saturated rings. The van der Waals surface area contributed by atoms with E-state index >= 15 is 0 Å². The molecule has 21 heavy (non-hydrogen) atoms. The number of anilines is 1. The number of ether oxygens (including phenoxy) is 1. The number of rotatable bonds is 3. The van der Waals surface area contributed by atoms with Crippen LogP contribution in [0.15, 0.2) is 12.1 Å². The molecule has 1 heterocycles. The molecule has 1 saturated carbocycles. The van der Waals surface area contributed by atoms with Crippen LogP contribution in [0, 0.1) is 21.8 Å². The predicted octanol–water partition coefficient (Wildman–Crippen LogP) is 2.30. The van der Waals surface area contributed by atoms with Gasteiger partial charge in [0.05, 0.1) is 28.2 Å². The topological polar surface area (TPSA) is 90.4 Å². The van der Waals surface area contributed by atoms with E-state index in [0.29, 0.717) is 6.61 Å². The van der Waals surface area contributed by atoms with Gasteiger partial charge >= 0.3 is 0 Å². The van der Waals surface area contributed by atoms with Crippen molar-refractivity contribution in [1.29, 1.82) is 0 Å². The maximum absolute atomic E-state index is 13.4. The first-order valence-corrected chi connectivity index (χ1v) is 7.14. The highest BCUT2D eigenvalue weighted by molar-refractivity contribution is 6.31. The minimum atomic E-state index is -0.821. The molecule has 0 spiro atoms. The monoisotopic (exact) mass is 315 g/mol. The fourth-order valence-electron chi connectivity index (χ4n) is 3.11. The third-order valence-electron chi connectivity index (χ3n) is 4.23. The fraction of sp³-hybridized carbons (Fsp3) is 0.538. The summed E-state index contributed by atoms with van der Waals surface area (Å²) in [4.78, 5) is 10.4. The molecule has 0 aromatic heterocycles. The van der Waals surface area contributed by atoms with Gasteiger partial charge in [0, 0.05) is 18.6 Å². The molecule has 1 aliphatic heterocycles. The number of benzene rings is 1. The SMILES string of the molecule is NC1C2CCCOC2C1Nc1cc(Cl)c(F)cc1[N+](=O)[O-]. The minimum Gasteiger partial charge on any atom is -0.376 e. The van der Waals surface area contributed by atoms with E-state index in [0.717, 1.165) is 18.9 Å². The van der Waals surface area contributed by atoms with Gasteiger partial charge in [0.2, 0.25) is 0 Å². The number of hydrogen-bond donors (Lipinski definition) is 2. The van der Waals surface area contributed by atoms with Crippen LogP contribution in [0.4, 0.5) is 15.8 Å². The lowest BCUT2D eigenvalue weighted by Gasteiger charge is -2.52. The van der Waals surface area contributed by atoms with Crippen molar-refractivity contribution in [3.05, 3.63) is 33.1 Å². The lowest BCUT2D eigenvalue weighted by atomic mass is 9.68. The summed E-state index contributed by atoms with van der Waals surface area (Å²) >= 11 is 5.71. The normalized spacial score (nSPS) is 31.2. The van der Waals surface area contributed by atoms with Gasteiger partial charge in [-0.15, -0.1) is 0 Å². The third-order valence-corrected chi connectivity index (χ3v) is 4.52. The number of nitro benzene ring substituents is 1. The number of fused-ring (bicyclic) bond motifs is 1. The van der Waals surface area contributed by atoms with Crippen LogP contribution in [0.1, 0.15) is 12.8 Å². The van der Waals surface area contributed by atoms with E-state index in [-0.39, 0.29) is 40.5 Å². The van der Waals surface area contributed by atoms with Crippen LogP contribution in [-0.2, 0) is 4.74 Å². The molecule has 1 aromatic rings. The molecular formula is C13H15ClFN3O3. The van der Waals surface area contributed by atoms with Crippen LogP contribution in [-0.4, -0.2) is 29.7 Å². The van der Waals surface area contributed by atoms with Crippen LogP contribution in [0.3, 0.4) is 0 Å². The van der Waals surface area contributed by atoms with Crippen molar-refractivity contribution in [1.82, 2.24) is 0 Å². The Morgan fingerprint density at radius 3 is 3.00 bits per heavy atom. The maximum Gasteiger partial charge on any atom is 0.295 e. The summed E-state index contributed by atoms with van der Waals surface area (Å²) in [7, 11) is 0. The van der Waals surface area contributed by atoms with E-state index < -0.39 is 10.7 Å². The zero-order chi connectivity index (χ0) is 15.1. The Morgan fingerprint density at radius 1 is 1.52 bits per heavy atom. The molecular weight excluding hydrogens is 301 g/mol. The zero-order valence-corrected chi connectivity index (χ0v) is 11.8. The number of hydrogen-bond acceptors (Lipinski definition) is 5. The lowest BCUT2D eigenvalue weighted by Crippen LogP contribution is -2.69. The van der Waals surface area contributed by atoms with Crippen molar-refractivity contribution in [2.24, 2.45) is 11.7 Å². The molecule has 4 atom stereocenters. The van der Waals surface area contributed by atoms with E-state index in [1.54, 1.807) is 0 Å². The summed E-state index contributed by atoms with van der Waals surface area (Å²) in [5, 5.41) is 13.9. The first-order valence-electron chi connectivity index (χ1n) is 6.76. The van der Waals surface area contributed by atoms with Gasteiger partial charge in [-0.3, -0.25) is 10.1 Å². The van der Waals surface area contributed by atoms with E-state index in [1.807, 2.05) is 0 Å². The Labute approximate surface area is 125 Å². The molecule has 2 aliphatic rings. The molecule has 114 valence electrons. The van der Waals surface area contributed by atoms with Crippen molar-refractivity contribution in [3.63, 3.8) is 0 Å². The van der Waals surface area contributed by atoms with Gasteiger partial charge < -0.3 is 15.8 Å². The van der Waals surface area contributed by atoms with Gasteiger partial charge in [0.25, 0.3) is 5.69 Å². The second kappa shape index (κ2) is 5.40. The molecule has 0 bridgehead atoms. The molecule has 6 nitrogen and oxygen atoms in total. The first kappa shape index (κ1) is 14.5. The van der Waals surface area contributed by atoms with Gasteiger partial charge in [0.15, 0.2) is 0 Å². The highest BCUT2D eigenvalue weighted by Gasteiger charge is 2.50. The number of nitrogens with zero attached hydrogens (tertiary/aromatic N) is 1. The molecule has 3 rings (SSSR count). The summed E-state index contributed by atoms with van der Waals surface area (Å²) in [5.74, 6) is -0.551. The van der Waals surface area contributed by atoms with Crippen LogP contribution < -0.4 is 11.1 Å². The zero-order valence-electron chi connectivity index (χ0n) is 11.1.